The Bertz CT molecular complexity index is 758. The van der Waals surface area contributed by atoms with E-state index >= 15 is 0 Å². The topological polar surface area (TPSA) is 55.1 Å². The lowest BCUT2D eigenvalue weighted by Crippen LogP contribution is -2.28. The summed E-state index contributed by atoms with van der Waals surface area (Å²) in [5, 5.41) is 15.1. The molecule has 1 saturated carbocycles. The van der Waals surface area contributed by atoms with E-state index in [1.807, 2.05) is 31.2 Å². The van der Waals surface area contributed by atoms with Crippen molar-refractivity contribution in [2.24, 2.45) is 5.92 Å². The van der Waals surface area contributed by atoms with E-state index in [1.54, 1.807) is 0 Å². The van der Waals surface area contributed by atoms with Gasteiger partial charge in [-0.15, -0.1) is 0 Å². The van der Waals surface area contributed by atoms with Crippen LogP contribution in [0.2, 0.25) is 0 Å². The molecule has 0 spiro atoms. The summed E-state index contributed by atoms with van der Waals surface area (Å²) in [6.07, 6.45) is 2.07. The third-order valence-corrected chi connectivity index (χ3v) is 4.07. The zero-order valence-electron chi connectivity index (χ0n) is 13.3. The predicted molar refractivity (Wildman–Crippen MR) is 87.1 cm³/mol. The summed E-state index contributed by atoms with van der Waals surface area (Å²) < 4.78 is 1.53. The Morgan fingerprint density at radius 1 is 1.32 bits per heavy atom. The number of aryl methyl sites for hydroxylation is 1. The third kappa shape index (κ3) is 2.65. The summed E-state index contributed by atoms with van der Waals surface area (Å²) in [4.78, 5) is 12.8. The van der Waals surface area contributed by atoms with Gasteiger partial charge < -0.3 is 5.11 Å². The highest BCUT2D eigenvalue weighted by Gasteiger charge is 2.31. The largest absolute Gasteiger partial charge is 0.505 e. The minimum Gasteiger partial charge on any atom is -0.505 e. The Morgan fingerprint density at radius 3 is 2.59 bits per heavy atom. The second kappa shape index (κ2) is 5.59. The molecule has 3 rings (SSSR count). The molecule has 4 heteroatoms. The standard InChI is InChI=1S/C18H22N2O2/c1-11(2)10-20-18(22)15(14-7-5-4-6-12(14)3)17(21)16(19-20)13-8-9-13/h4-7,11,13,21H,8-10H2,1-3H3. The molecular formula is C18H22N2O2. The maximum atomic E-state index is 12.8. The van der Waals surface area contributed by atoms with E-state index in [1.165, 1.54) is 4.68 Å². The van der Waals surface area contributed by atoms with E-state index in [0.29, 0.717) is 29.6 Å². The van der Waals surface area contributed by atoms with Crippen LogP contribution in [0.3, 0.4) is 0 Å². The molecule has 0 amide bonds. The minimum absolute atomic E-state index is 0.0711. The Kier molecular flexibility index (Phi) is 3.77. The molecule has 0 atom stereocenters. The Balaban J connectivity index is 2.25. The Labute approximate surface area is 130 Å². The number of hydrogen-bond donors (Lipinski definition) is 1. The number of aromatic hydroxyl groups is 1. The van der Waals surface area contributed by atoms with Gasteiger partial charge in [0.1, 0.15) is 5.69 Å². The molecule has 0 aliphatic heterocycles. The van der Waals surface area contributed by atoms with Gasteiger partial charge in [-0.2, -0.15) is 5.10 Å². The zero-order chi connectivity index (χ0) is 15.9. The molecule has 0 saturated heterocycles. The van der Waals surface area contributed by atoms with E-state index in [2.05, 4.69) is 18.9 Å². The lowest BCUT2D eigenvalue weighted by atomic mass is 10.00. The number of aromatic nitrogens is 2. The molecule has 22 heavy (non-hydrogen) atoms. The highest BCUT2D eigenvalue weighted by molar-refractivity contribution is 5.73. The molecule has 1 aromatic heterocycles. The van der Waals surface area contributed by atoms with Crippen LogP contribution in [0, 0.1) is 12.8 Å². The quantitative estimate of drug-likeness (QED) is 0.940. The second-order valence-electron chi connectivity index (χ2n) is 6.58. The summed E-state index contributed by atoms with van der Waals surface area (Å²) in [6, 6.07) is 7.68. The first-order valence-corrected chi connectivity index (χ1v) is 7.89. The lowest BCUT2D eigenvalue weighted by Gasteiger charge is -2.15. The van der Waals surface area contributed by atoms with Crippen molar-refractivity contribution in [1.29, 1.82) is 0 Å². The molecule has 2 aromatic rings. The molecule has 0 unspecified atom stereocenters. The predicted octanol–water partition coefficient (Wildman–Crippen LogP) is 3.46. The van der Waals surface area contributed by atoms with Crippen molar-refractivity contribution in [1.82, 2.24) is 9.78 Å². The van der Waals surface area contributed by atoms with Crippen LogP contribution in [0.15, 0.2) is 29.1 Å². The highest BCUT2D eigenvalue weighted by atomic mass is 16.3. The van der Waals surface area contributed by atoms with Gasteiger partial charge in [0.15, 0.2) is 5.75 Å². The first-order chi connectivity index (χ1) is 10.5. The van der Waals surface area contributed by atoms with Crippen LogP contribution >= 0.6 is 0 Å². The van der Waals surface area contributed by atoms with Crippen molar-refractivity contribution in [3.05, 3.63) is 45.9 Å². The lowest BCUT2D eigenvalue weighted by molar-refractivity contribution is 0.426. The molecule has 0 bridgehead atoms. The molecule has 0 radical (unpaired) electrons. The van der Waals surface area contributed by atoms with Crippen molar-refractivity contribution < 1.29 is 5.11 Å². The van der Waals surface area contributed by atoms with Crippen molar-refractivity contribution in [3.63, 3.8) is 0 Å². The fourth-order valence-electron chi connectivity index (χ4n) is 2.78. The molecule has 1 aliphatic rings. The van der Waals surface area contributed by atoms with Gasteiger partial charge in [0, 0.05) is 12.5 Å². The van der Waals surface area contributed by atoms with Crippen LogP contribution in [0.4, 0.5) is 0 Å². The molecule has 1 aliphatic carbocycles. The van der Waals surface area contributed by atoms with Gasteiger partial charge in [-0.1, -0.05) is 38.1 Å². The van der Waals surface area contributed by atoms with Crippen LogP contribution in [-0.2, 0) is 6.54 Å². The van der Waals surface area contributed by atoms with Crippen LogP contribution in [0.1, 0.15) is 43.9 Å². The molecule has 1 aromatic carbocycles. The number of hydrogen-bond acceptors (Lipinski definition) is 3. The minimum atomic E-state index is -0.204. The van der Waals surface area contributed by atoms with E-state index < -0.39 is 0 Å². The summed E-state index contributed by atoms with van der Waals surface area (Å²) in [5.74, 6) is 0.690. The fraction of sp³-hybridized carbons (Fsp3) is 0.444. The number of rotatable bonds is 4. The molecule has 1 N–H and O–H groups in total. The van der Waals surface area contributed by atoms with Crippen molar-refractivity contribution in [2.75, 3.05) is 0 Å². The zero-order valence-corrected chi connectivity index (χ0v) is 13.3. The molecular weight excluding hydrogens is 276 g/mol. The van der Waals surface area contributed by atoms with Crippen LogP contribution < -0.4 is 5.56 Å². The first kappa shape index (κ1) is 14.8. The first-order valence-electron chi connectivity index (χ1n) is 7.89. The highest BCUT2D eigenvalue weighted by Crippen LogP contribution is 2.44. The van der Waals surface area contributed by atoms with E-state index in [0.717, 1.165) is 24.0 Å². The Hall–Kier alpha value is -2.10. The van der Waals surface area contributed by atoms with Gasteiger partial charge >= 0.3 is 0 Å². The van der Waals surface area contributed by atoms with Crippen LogP contribution in [0.25, 0.3) is 11.1 Å². The summed E-state index contributed by atoms with van der Waals surface area (Å²) in [6.45, 7) is 6.65. The maximum absolute atomic E-state index is 12.8. The van der Waals surface area contributed by atoms with Crippen LogP contribution in [-0.4, -0.2) is 14.9 Å². The number of nitrogens with zero attached hydrogens (tertiary/aromatic N) is 2. The van der Waals surface area contributed by atoms with Crippen LogP contribution in [0.5, 0.6) is 5.75 Å². The number of benzene rings is 1. The monoisotopic (exact) mass is 298 g/mol. The molecule has 116 valence electrons. The van der Waals surface area contributed by atoms with Gasteiger partial charge in [-0.25, -0.2) is 4.68 Å². The summed E-state index contributed by atoms with van der Waals surface area (Å²) >= 11 is 0. The smallest absolute Gasteiger partial charge is 0.278 e. The average Bonchev–Trinajstić information content (AvgIpc) is 3.28. The SMILES string of the molecule is Cc1ccccc1-c1c(O)c(C2CC2)nn(CC(C)C)c1=O. The molecule has 1 fully saturated rings. The fourth-order valence-corrected chi connectivity index (χ4v) is 2.78. The van der Waals surface area contributed by atoms with Crippen molar-refractivity contribution >= 4 is 0 Å². The van der Waals surface area contributed by atoms with Gasteiger partial charge in [-0.3, -0.25) is 4.79 Å². The van der Waals surface area contributed by atoms with E-state index in [4.69, 9.17) is 0 Å². The van der Waals surface area contributed by atoms with E-state index in [9.17, 15) is 9.90 Å². The van der Waals surface area contributed by atoms with Crippen molar-refractivity contribution in [3.8, 4) is 16.9 Å². The van der Waals surface area contributed by atoms with Gasteiger partial charge in [0.05, 0.1) is 5.56 Å². The third-order valence-electron chi connectivity index (χ3n) is 4.07. The van der Waals surface area contributed by atoms with E-state index in [-0.39, 0.29) is 11.3 Å². The molecule has 4 nitrogen and oxygen atoms in total. The van der Waals surface area contributed by atoms with Gasteiger partial charge in [0.25, 0.3) is 5.56 Å². The normalized spacial score (nSPS) is 14.5. The summed E-state index contributed by atoms with van der Waals surface area (Å²) in [5.41, 5.74) is 2.66. The maximum Gasteiger partial charge on any atom is 0.278 e. The average molecular weight is 298 g/mol. The van der Waals surface area contributed by atoms with Crippen molar-refractivity contribution in [2.45, 2.75) is 46.1 Å². The summed E-state index contributed by atoms with van der Waals surface area (Å²) in [7, 11) is 0. The Morgan fingerprint density at radius 2 is 2.00 bits per heavy atom. The second-order valence-corrected chi connectivity index (χ2v) is 6.58. The van der Waals surface area contributed by atoms with Gasteiger partial charge in [-0.05, 0) is 36.8 Å². The molecule has 1 heterocycles. The van der Waals surface area contributed by atoms with Gasteiger partial charge in [0.2, 0.25) is 0 Å².